The SMILES string of the molecule is CCc1nc2n(n1)CCC[C@@H]2NS(=O)(=O)c1ccc2c(c1)CCN2C(C)=O. The van der Waals surface area contributed by atoms with E-state index in [0.29, 0.717) is 25.2 Å². The highest BCUT2D eigenvalue weighted by molar-refractivity contribution is 7.89. The lowest BCUT2D eigenvalue weighted by Crippen LogP contribution is -2.33. The van der Waals surface area contributed by atoms with Crippen LogP contribution in [0.4, 0.5) is 5.69 Å². The van der Waals surface area contributed by atoms with Crippen molar-refractivity contribution in [3.63, 3.8) is 0 Å². The lowest BCUT2D eigenvalue weighted by atomic mass is 10.1. The summed E-state index contributed by atoms with van der Waals surface area (Å²) < 4.78 is 30.5. The third-order valence-electron chi connectivity index (χ3n) is 5.17. The molecule has 2 aliphatic rings. The second kappa shape index (κ2) is 6.72. The highest BCUT2D eigenvalue weighted by Crippen LogP contribution is 2.31. The van der Waals surface area contributed by atoms with Gasteiger partial charge < -0.3 is 4.90 Å². The smallest absolute Gasteiger partial charge is 0.241 e. The summed E-state index contributed by atoms with van der Waals surface area (Å²) in [4.78, 5) is 18.1. The van der Waals surface area contributed by atoms with Crippen molar-refractivity contribution in [3.05, 3.63) is 35.4 Å². The molecule has 3 heterocycles. The lowest BCUT2D eigenvalue weighted by Gasteiger charge is -2.23. The number of carbonyl (C=O) groups excluding carboxylic acids is 1. The van der Waals surface area contributed by atoms with E-state index < -0.39 is 10.0 Å². The minimum Gasteiger partial charge on any atom is -0.312 e. The maximum Gasteiger partial charge on any atom is 0.241 e. The Hall–Kier alpha value is -2.26. The summed E-state index contributed by atoms with van der Waals surface area (Å²) in [6, 6.07) is 4.58. The molecule has 2 aliphatic heterocycles. The maximum atomic E-state index is 13.0. The number of carbonyl (C=O) groups is 1. The minimum absolute atomic E-state index is 0.0317. The van der Waals surface area contributed by atoms with E-state index in [1.54, 1.807) is 23.1 Å². The Bertz CT molecular complexity index is 998. The van der Waals surface area contributed by atoms with Gasteiger partial charge in [-0.3, -0.25) is 4.79 Å². The predicted molar refractivity (Wildman–Crippen MR) is 99.9 cm³/mol. The normalized spacial score (nSPS) is 19.0. The van der Waals surface area contributed by atoms with Crippen LogP contribution in [0.5, 0.6) is 0 Å². The number of hydrogen-bond donors (Lipinski definition) is 1. The minimum atomic E-state index is -3.69. The van der Waals surface area contributed by atoms with Crippen LogP contribution in [-0.2, 0) is 34.2 Å². The highest BCUT2D eigenvalue weighted by Gasteiger charge is 2.30. The summed E-state index contributed by atoms with van der Waals surface area (Å²) in [5, 5.41) is 4.43. The molecule has 1 amide bonds. The van der Waals surface area contributed by atoms with Crippen LogP contribution in [-0.4, -0.2) is 35.6 Å². The number of sulfonamides is 1. The highest BCUT2D eigenvalue weighted by atomic mass is 32.2. The molecule has 0 saturated carbocycles. The van der Waals surface area contributed by atoms with Gasteiger partial charge in [-0.15, -0.1) is 0 Å². The summed E-state index contributed by atoms with van der Waals surface area (Å²) in [7, 11) is -3.69. The van der Waals surface area contributed by atoms with Crippen LogP contribution in [0.2, 0.25) is 0 Å². The van der Waals surface area contributed by atoms with Crippen molar-refractivity contribution in [2.75, 3.05) is 11.4 Å². The van der Waals surface area contributed by atoms with E-state index in [2.05, 4.69) is 14.8 Å². The van der Waals surface area contributed by atoms with E-state index in [1.165, 1.54) is 6.92 Å². The topological polar surface area (TPSA) is 97.2 Å². The van der Waals surface area contributed by atoms with E-state index in [4.69, 9.17) is 0 Å². The molecule has 27 heavy (non-hydrogen) atoms. The van der Waals surface area contributed by atoms with Crippen LogP contribution < -0.4 is 9.62 Å². The van der Waals surface area contributed by atoms with E-state index in [1.807, 2.05) is 11.6 Å². The molecule has 0 saturated heterocycles. The lowest BCUT2D eigenvalue weighted by molar-refractivity contribution is -0.116. The number of anilines is 1. The third-order valence-corrected chi connectivity index (χ3v) is 6.64. The molecule has 1 N–H and O–H groups in total. The number of aromatic nitrogens is 3. The molecule has 0 unspecified atom stereocenters. The number of amides is 1. The number of benzene rings is 1. The molecule has 4 rings (SSSR count). The second-order valence-corrected chi connectivity index (χ2v) is 8.70. The van der Waals surface area contributed by atoms with E-state index in [-0.39, 0.29) is 16.8 Å². The van der Waals surface area contributed by atoms with Gasteiger partial charge in [0.2, 0.25) is 15.9 Å². The Morgan fingerprint density at radius 1 is 1.33 bits per heavy atom. The van der Waals surface area contributed by atoms with Crippen LogP contribution in [0.1, 0.15) is 49.9 Å². The summed E-state index contributed by atoms with van der Waals surface area (Å²) in [5.74, 6) is 1.39. The van der Waals surface area contributed by atoms with Crippen molar-refractivity contribution >= 4 is 21.6 Å². The molecule has 9 heteroatoms. The Labute approximate surface area is 158 Å². The van der Waals surface area contributed by atoms with Crippen molar-refractivity contribution in [1.82, 2.24) is 19.5 Å². The zero-order valence-electron chi connectivity index (χ0n) is 15.5. The standard InChI is InChI=1S/C18H23N5O3S/c1-3-17-19-18-15(5-4-9-23(18)20-17)21-27(25,26)14-6-7-16-13(11-14)8-10-22(16)12(2)24/h6-7,11,15,21H,3-5,8-10H2,1-2H3/t15-/m0/s1. The molecule has 0 fully saturated rings. The number of rotatable bonds is 4. The Morgan fingerprint density at radius 2 is 2.15 bits per heavy atom. The van der Waals surface area contributed by atoms with Gasteiger partial charge in [0.1, 0.15) is 5.82 Å². The molecular weight excluding hydrogens is 366 g/mol. The summed E-state index contributed by atoms with van der Waals surface area (Å²) in [6.07, 6.45) is 2.93. The average Bonchev–Trinajstić information content (AvgIpc) is 3.25. The van der Waals surface area contributed by atoms with Crippen LogP contribution in [0.3, 0.4) is 0 Å². The van der Waals surface area contributed by atoms with Gasteiger partial charge in [0, 0.05) is 32.1 Å². The van der Waals surface area contributed by atoms with Crippen LogP contribution in [0.25, 0.3) is 0 Å². The quantitative estimate of drug-likeness (QED) is 0.856. The number of nitrogens with zero attached hydrogens (tertiary/aromatic N) is 4. The van der Waals surface area contributed by atoms with Crippen LogP contribution >= 0.6 is 0 Å². The number of aryl methyl sites for hydroxylation is 2. The van der Waals surface area contributed by atoms with Gasteiger partial charge in [0.05, 0.1) is 10.9 Å². The van der Waals surface area contributed by atoms with Gasteiger partial charge in [0.25, 0.3) is 0 Å². The molecule has 0 radical (unpaired) electrons. The van der Waals surface area contributed by atoms with Crippen molar-refractivity contribution in [1.29, 1.82) is 0 Å². The fourth-order valence-electron chi connectivity index (χ4n) is 3.79. The summed E-state index contributed by atoms with van der Waals surface area (Å²) in [6.45, 7) is 4.86. The third kappa shape index (κ3) is 3.25. The van der Waals surface area contributed by atoms with Crippen molar-refractivity contribution in [3.8, 4) is 0 Å². The molecule has 2 aromatic rings. The fourth-order valence-corrected chi connectivity index (χ4v) is 5.07. The number of nitrogens with one attached hydrogen (secondary N) is 1. The Morgan fingerprint density at radius 3 is 2.89 bits per heavy atom. The first kappa shape index (κ1) is 18.1. The van der Waals surface area contributed by atoms with Gasteiger partial charge in [-0.25, -0.2) is 22.8 Å². The zero-order valence-corrected chi connectivity index (χ0v) is 16.3. The first-order chi connectivity index (χ1) is 12.9. The second-order valence-electron chi connectivity index (χ2n) is 6.99. The van der Waals surface area contributed by atoms with Gasteiger partial charge in [0.15, 0.2) is 5.82 Å². The largest absolute Gasteiger partial charge is 0.312 e. The monoisotopic (exact) mass is 389 g/mol. The van der Waals surface area contributed by atoms with Gasteiger partial charge in [-0.05, 0) is 43.0 Å². The molecule has 1 aromatic heterocycles. The Kier molecular flexibility index (Phi) is 4.51. The first-order valence-electron chi connectivity index (χ1n) is 9.26. The molecule has 1 atom stereocenters. The molecular formula is C18H23N5O3S. The molecule has 1 aromatic carbocycles. The van der Waals surface area contributed by atoms with Gasteiger partial charge in [-0.1, -0.05) is 6.92 Å². The molecule has 0 spiro atoms. The van der Waals surface area contributed by atoms with Crippen molar-refractivity contribution in [2.24, 2.45) is 0 Å². The van der Waals surface area contributed by atoms with Crippen LogP contribution in [0.15, 0.2) is 23.1 Å². The predicted octanol–water partition coefficient (Wildman–Crippen LogP) is 1.56. The van der Waals surface area contributed by atoms with E-state index >= 15 is 0 Å². The molecule has 0 aliphatic carbocycles. The Balaban J connectivity index is 1.60. The first-order valence-corrected chi connectivity index (χ1v) is 10.7. The van der Waals surface area contributed by atoms with Gasteiger partial charge >= 0.3 is 0 Å². The zero-order chi connectivity index (χ0) is 19.2. The molecule has 144 valence electrons. The number of fused-ring (bicyclic) bond motifs is 2. The van der Waals surface area contributed by atoms with E-state index in [0.717, 1.165) is 36.5 Å². The summed E-state index contributed by atoms with van der Waals surface area (Å²) in [5.41, 5.74) is 1.68. The summed E-state index contributed by atoms with van der Waals surface area (Å²) >= 11 is 0. The van der Waals surface area contributed by atoms with Gasteiger partial charge in [-0.2, -0.15) is 5.10 Å². The maximum absolute atomic E-state index is 13.0. The van der Waals surface area contributed by atoms with E-state index in [9.17, 15) is 13.2 Å². The van der Waals surface area contributed by atoms with Crippen LogP contribution in [0, 0.1) is 0 Å². The molecule has 0 bridgehead atoms. The van der Waals surface area contributed by atoms with Crippen molar-refractivity contribution in [2.45, 2.75) is 57.0 Å². The average molecular weight is 389 g/mol. The molecule has 8 nitrogen and oxygen atoms in total. The number of hydrogen-bond acceptors (Lipinski definition) is 5. The fraction of sp³-hybridized carbons (Fsp3) is 0.500. The van der Waals surface area contributed by atoms with Crippen molar-refractivity contribution < 1.29 is 13.2 Å².